The number of nitrogens with zero attached hydrogens (tertiary/aromatic N) is 1. The number of benzene rings is 1. The maximum absolute atomic E-state index is 5.57. The van der Waals surface area contributed by atoms with Gasteiger partial charge in [0.25, 0.3) is 0 Å². The van der Waals surface area contributed by atoms with E-state index >= 15 is 0 Å². The normalized spacial score (nSPS) is 10.6. The number of hydrogen-bond acceptors (Lipinski definition) is 4. The molecule has 0 amide bonds. The Hall–Kier alpha value is -1.54. The molecule has 0 aromatic heterocycles. The van der Waals surface area contributed by atoms with Crippen LogP contribution < -0.4 is 10.5 Å². The number of likely N-dealkylation sites (N-methyl/N-ethyl adjacent to an activating group) is 1. The lowest BCUT2D eigenvalue weighted by atomic mass is 10.1. The van der Waals surface area contributed by atoms with Crippen LogP contribution in [0.4, 0.5) is 0 Å². The summed E-state index contributed by atoms with van der Waals surface area (Å²) in [5, 5.41) is 0. The lowest BCUT2D eigenvalue weighted by molar-refractivity contribution is 0.0627. The second-order valence-corrected chi connectivity index (χ2v) is 5.20. The Kier molecular flexibility index (Phi) is 7.84. The monoisotopic (exact) mass is 290 g/mol. The third-order valence-corrected chi connectivity index (χ3v) is 2.97. The van der Waals surface area contributed by atoms with Gasteiger partial charge in [0.15, 0.2) is 0 Å². The topological polar surface area (TPSA) is 47.7 Å². The van der Waals surface area contributed by atoms with Crippen LogP contribution in [0.25, 0.3) is 0 Å². The molecule has 1 rings (SSSR count). The van der Waals surface area contributed by atoms with Crippen molar-refractivity contribution in [2.45, 2.75) is 26.5 Å². The molecule has 0 saturated heterocycles. The Bertz CT molecular complexity index is 489. The predicted octanol–water partition coefficient (Wildman–Crippen LogP) is 1.86. The van der Waals surface area contributed by atoms with Crippen molar-refractivity contribution in [1.82, 2.24) is 4.90 Å². The molecule has 0 spiro atoms. The summed E-state index contributed by atoms with van der Waals surface area (Å²) in [5.74, 6) is 6.71. The highest BCUT2D eigenvalue weighted by molar-refractivity contribution is 5.48. The van der Waals surface area contributed by atoms with Crippen LogP contribution in [0.3, 0.4) is 0 Å². The summed E-state index contributed by atoms with van der Waals surface area (Å²) in [4.78, 5) is 2.23. The molecule has 0 aliphatic carbocycles. The molecular weight excluding hydrogens is 264 g/mol. The average Bonchev–Trinajstić information content (AvgIpc) is 2.44. The Morgan fingerprint density at radius 2 is 2.10 bits per heavy atom. The Balaban J connectivity index is 2.66. The molecular formula is C17H26N2O2. The average molecular weight is 290 g/mol. The second-order valence-electron chi connectivity index (χ2n) is 5.20. The Morgan fingerprint density at radius 1 is 1.33 bits per heavy atom. The van der Waals surface area contributed by atoms with Crippen LogP contribution in [-0.4, -0.2) is 44.9 Å². The molecule has 0 aliphatic heterocycles. The van der Waals surface area contributed by atoms with Crippen molar-refractivity contribution in [2.75, 3.05) is 33.9 Å². The van der Waals surface area contributed by atoms with E-state index in [1.54, 1.807) is 7.11 Å². The summed E-state index contributed by atoms with van der Waals surface area (Å²) in [5.41, 5.74) is 7.51. The van der Waals surface area contributed by atoms with Gasteiger partial charge in [0.05, 0.1) is 31.9 Å². The van der Waals surface area contributed by atoms with Gasteiger partial charge >= 0.3 is 0 Å². The third-order valence-electron chi connectivity index (χ3n) is 2.97. The predicted molar refractivity (Wildman–Crippen MR) is 86.3 cm³/mol. The van der Waals surface area contributed by atoms with E-state index in [4.69, 9.17) is 15.2 Å². The van der Waals surface area contributed by atoms with Crippen LogP contribution in [0.2, 0.25) is 0 Å². The van der Waals surface area contributed by atoms with Gasteiger partial charge in [0.2, 0.25) is 0 Å². The number of rotatable bonds is 7. The fourth-order valence-corrected chi connectivity index (χ4v) is 1.93. The maximum Gasteiger partial charge on any atom is 0.134 e. The molecule has 116 valence electrons. The third kappa shape index (κ3) is 6.63. The molecule has 0 saturated carbocycles. The van der Waals surface area contributed by atoms with Gasteiger partial charge in [0.1, 0.15) is 5.75 Å². The SMILES string of the molecule is COc1ccc(CN(C)CCOC(C)C)cc1C#CCN. The largest absolute Gasteiger partial charge is 0.495 e. The molecule has 0 atom stereocenters. The van der Waals surface area contributed by atoms with Crippen LogP contribution in [0.5, 0.6) is 5.75 Å². The van der Waals surface area contributed by atoms with Crippen molar-refractivity contribution in [3.05, 3.63) is 29.3 Å². The van der Waals surface area contributed by atoms with E-state index in [0.717, 1.165) is 31.0 Å². The first-order chi connectivity index (χ1) is 10.1. The Morgan fingerprint density at radius 3 is 2.71 bits per heavy atom. The number of ether oxygens (including phenoxy) is 2. The van der Waals surface area contributed by atoms with Crippen LogP contribution in [0, 0.1) is 11.8 Å². The molecule has 1 aromatic rings. The molecule has 2 N–H and O–H groups in total. The molecule has 0 fully saturated rings. The minimum atomic E-state index is 0.275. The van der Waals surface area contributed by atoms with Crippen molar-refractivity contribution in [2.24, 2.45) is 5.73 Å². The summed E-state index contributed by atoms with van der Waals surface area (Å²) in [6.45, 7) is 6.93. The first kappa shape index (κ1) is 17.5. The van der Waals surface area contributed by atoms with E-state index in [1.165, 1.54) is 5.56 Å². The minimum absolute atomic E-state index is 0.275. The summed E-state index contributed by atoms with van der Waals surface area (Å²) < 4.78 is 10.9. The standard InChI is InChI=1S/C17H26N2O2/c1-14(2)21-11-10-19(3)13-15-7-8-17(20-4)16(12-15)6-5-9-18/h7-8,12,14H,9-11,13,18H2,1-4H3. The zero-order valence-electron chi connectivity index (χ0n) is 13.5. The van der Waals surface area contributed by atoms with E-state index in [2.05, 4.69) is 35.9 Å². The maximum atomic E-state index is 5.57. The van der Waals surface area contributed by atoms with E-state index in [0.29, 0.717) is 6.54 Å². The van der Waals surface area contributed by atoms with E-state index in [-0.39, 0.29) is 6.10 Å². The van der Waals surface area contributed by atoms with Gasteiger partial charge in [-0.3, -0.25) is 4.90 Å². The first-order valence-corrected chi connectivity index (χ1v) is 7.22. The van der Waals surface area contributed by atoms with Gasteiger partial charge in [-0.15, -0.1) is 0 Å². The van der Waals surface area contributed by atoms with E-state index in [1.807, 2.05) is 19.9 Å². The summed E-state index contributed by atoms with van der Waals surface area (Å²) in [6.07, 6.45) is 0.275. The zero-order valence-corrected chi connectivity index (χ0v) is 13.5. The number of methoxy groups -OCH3 is 1. The number of hydrogen-bond donors (Lipinski definition) is 1. The van der Waals surface area contributed by atoms with Crippen LogP contribution in [0.15, 0.2) is 18.2 Å². The summed E-state index contributed by atoms with van der Waals surface area (Å²) in [7, 11) is 3.73. The van der Waals surface area contributed by atoms with Crippen molar-refractivity contribution < 1.29 is 9.47 Å². The lowest BCUT2D eigenvalue weighted by Gasteiger charge is -2.18. The molecule has 4 heteroatoms. The highest BCUT2D eigenvalue weighted by Gasteiger charge is 2.05. The van der Waals surface area contributed by atoms with E-state index < -0.39 is 0 Å². The van der Waals surface area contributed by atoms with Gasteiger partial charge in [0, 0.05) is 13.1 Å². The fraction of sp³-hybridized carbons (Fsp3) is 0.529. The van der Waals surface area contributed by atoms with Crippen LogP contribution >= 0.6 is 0 Å². The molecule has 0 unspecified atom stereocenters. The zero-order chi connectivity index (χ0) is 15.7. The van der Waals surface area contributed by atoms with Crippen molar-refractivity contribution in [3.63, 3.8) is 0 Å². The molecule has 4 nitrogen and oxygen atoms in total. The molecule has 0 heterocycles. The highest BCUT2D eigenvalue weighted by atomic mass is 16.5. The molecule has 0 bridgehead atoms. The van der Waals surface area contributed by atoms with Gasteiger partial charge < -0.3 is 15.2 Å². The van der Waals surface area contributed by atoms with Crippen molar-refractivity contribution in [3.8, 4) is 17.6 Å². The molecule has 1 aromatic carbocycles. The second kappa shape index (κ2) is 9.41. The Labute approximate surface area is 128 Å². The van der Waals surface area contributed by atoms with Gasteiger partial charge in [-0.1, -0.05) is 17.9 Å². The van der Waals surface area contributed by atoms with Crippen LogP contribution in [0.1, 0.15) is 25.0 Å². The van der Waals surface area contributed by atoms with Gasteiger partial charge in [-0.05, 0) is 38.6 Å². The van der Waals surface area contributed by atoms with Gasteiger partial charge in [-0.2, -0.15) is 0 Å². The van der Waals surface area contributed by atoms with Crippen molar-refractivity contribution in [1.29, 1.82) is 0 Å². The molecule has 0 aliphatic rings. The highest BCUT2D eigenvalue weighted by Crippen LogP contribution is 2.19. The minimum Gasteiger partial charge on any atom is -0.495 e. The summed E-state index contributed by atoms with van der Waals surface area (Å²) >= 11 is 0. The van der Waals surface area contributed by atoms with Crippen LogP contribution in [-0.2, 0) is 11.3 Å². The smallest absolute Gasteiger partial charge is 0.134 e. The summed E-state index contributed by atoms with van der Waals surface area (Å²) in [6, 6.07) is 6.07. The fourth-order valence-electron chi connectivity index (χ4n) is 1.93. The quantitative estimate of drug-likeness (QED) is 0.779. The first-order valence-electron chi connectivity index (χ1n) is 7.22. The van der Waals surface area contributed by atoms with E-state index in [9.17, 15) is 0 Å². The molecule has 0 radical (unpaired) electrons. The lowest BCUT2D eigenvalue weighted by Crippen LogP contribution is -2.24. The van der Waals surface area contributed by atoms with Gasteiger partial charge in [-0.25, -0.2) is 0 Å². The van der Waals surface area contributed by atoms with Crippen molar-refractivity contribution >= 4 is 0 Å². The number of nitrogens with two attached hydrogens (primary N) is 1. The molecule has 21 heavy (non-hydrogen) atoms.